The molecule has 0 radical (unpaired) electrons. The van der Waals surface area contributed by atoms with E-state index in [1.165, 1.54) is 11.1 Å². The van der Waals surface area contributed by atoms with Gasteiger partial charge in [0, 0.05) is 51.5 Å². The molecule has 11 nitrogen and oxygen atoms in total. The molecule has 0 bridgehead atoms. The summed E-state index contributed by atoms with van der Waals surface area (Å²) >= 11 is 0. The molecule has 2 aliphatic rings. The maximum atomic E-state index is 14.5. The normalized spacial score (nSPS) is 17.3. The van der Waals surface area contributed by atoms with Crippen molar-refractivity contribution in [3.05, 3.63) is 42.3 Å². The maximum absolute atomic E-state index is 14.5. The van der Waals surface area contributed by atoms with E-state index in [9.17, 15) is 19.5 Å². The molecule has 0 spiro atoms. The van der Waals surface area contributed by atoms with Gasteiger partial charge in [-0.3, -0.25) is 9.59 Å². The second-order valence-corrected chi connectivity index (χ2v) is 11.4. The fourth-order valence-corrected chi connectivity index (χ4v) is 5.30. The minimum atomic E-state index is -1.41. The van der Waals surface area contributed by atoms with Gasteiger partial charge in [0.1, 0.15) is 23.6 Å². The van der Waals surface area contributed by atoms with Crippen molar-refractivity contribution in [2.24, 2.45) is 5.92 Å². The molecule has 2 heterocycles. The molecule has 2 saturated heterocycles. The number of methoxy groups -OCH3 is 1. The number of rotatable bonds is 13. The van der Waals surface area contributed by atoms with Crippen LogP contribution >= 0.6 is 0 Å². The Morgan fingerprint density at radius 3 is 2.43 bits per heavy atom. The van der Waals surface area contributed by atoms with Gasteiger partial charge in [0.2, 0.25) is 11.8 Å². The van der Waals surface area contributed by atoms with Gasteiger partial charge in [-0.2, -0.15) is 0 Å². The van der Waals surface area contributed by atoms with E-state index in [1.807, 2.05) is 24.3 Å². The van der Waals surface area contributed by atoms with E-state index in [2.05, 4.69) is 0 Å². The van der Waals surface area contributed by atoms with Crippen LogP contribution in [0.3, 0.4) is 0 Å². The zero-order chi connectivity index (χ0) is 30.9. The molecule has 4 amide bonds. The molecule has 1 N–H and O–H groups in total. The fraction of sp³-hybridized carbons (Fsp3) is 0.645. The molecule has 2 atom stereocenters. The third kappa shape index (κ3) is 7.74. The lowest BCUT2D eigenvalue weighted by molar-refractivity contribution is -0.152. The third-order valence-corrected chi connectivity index (χ3v) is 8.28. The highest BCUT2D eigenvalue weighted by atomic mass is 16.5. The van der Waals surface area contributed by atoms with Gasteiger partial charge in [0.15, 0.2) is 0 Å². The van der Waals surface area contributed by atoms with Crippen molar-refractivity contribution in [1.82, 2.24) is 19.6 Å². The molecule has 11 heteroatoms. The summed E-state index contributed by atoms with van der Waals surface area (Å²) in [6, 6.07) is 6.90. The largest absolute Gasteiger partial charge is 0.514 e. The number of hydrogen-bond acceptors (Lipinski definition) is 8. The zero-order valence-corrected chi connectivity index (χ0v) is 26.0. The van der Waals surface area contributed by atoms with Crippen molar-refractivity contribution in [3.63, 3.8) is 0 Å². The Labute approximate surface area is 250 Å². The van der Waals surface area contributed by atoms with Gasteiger partial charge in [-0.1, -0.05) is 25.1 Å². The van der Waals surface area contributed by atoms with E-state index in [1.54, 1.807) is 51.7 Å². The van der Waals surface area contributed by atoms with E-state index in [0.717, 1.165) is 36.0 Å². The van der Waals surface area contributed by atoms with Crippen LogP contribution in [0.5, 0.6) is 5.75 Å². The van der Waals surface area contributed by atoms with Crippen LogP contribution in [0.15, 0.2) is 36.7 Å². The zero-order valence-electron chi connectivity index (χ0n) is 26.0. The number of ether oxygens (including phenoxy) is 3. The van der Waals surface area contributed by atoms with Crippen molar-refractivity contribution < 1.29 is 33.7 Å². The number of imide groups is 1. The first-order valence-corrected chi connectivity index (χ1v) is 14.8. The predicted molar refractivity (Wildman–Crippen MR) is 159 cm³/mol. The Morgan fingerprint density at radius 1 is 1.19 bits per heavy atom. The third-order valence-electron chi connectivity index (χ3n) is 8.28. The summed E-state index contributed by atoms with van der Waals surface area (Å²) < 4.78 is 17.7. The highest BCUT2D eigenvalue weighted by Crippen LogP contribution is 2.32. The van der Waals surface area contributed by atoms with E-state index in [-0.39, 0.29) is 18.9 Å². The molecule has 1 unspecified atom stereocenters. The summed E-state index contributed by atoms with van der Waals surface area (Å²) in [6.45, 7) is 9.82. The van der Waals surface area contributed by atoms with Gasteiger partial charge in [-0.25, -0.2) is 9.69 Å². The minimum absolute atomic E-state index is 0.0488. The van der Waals surface area contributed by atoms with Gasteiger partial charge in [0.05, 0.1) is 26.5 Å². The number of aliphatic hydroxyl groups excluding tert-OH is 1. The first-order chi connectivity index (χ1) is 20.1. The molecule has 0 aliphatic carbocycles. The summed E-state index contributed by atoms with van der Waals surface area (Å²) in [5, 5.41) is 9.50. The molecule has 2 aliphatic heterocycles. The average Bonchev–Trinajstić information content (AvgIpc) is 2.96. The summed E-state index contributed by atoms with van der Waals surface area (Å²) in [7, 11) is 3.31. The van der Waals surface area contributed by atoms with Gasteiger partial charge in [0.25, 0.3) is 0 Å². The van der Waals surface area contributed by atoms with Crippen LogP contribution in [0.1, 0.15) is 65.0 Å². The number of carbonyl (C=O) groups is 3. The average molecular weight is 589 g/mol. The smallest absolute Gasteiger partial charge is 0.329 e. The standard InChI is InChI=1S/C31H48N4O7/c1-7-28(37)35(31(3,4)29(38)33-15-10-16-33)30(39)34(23(2)32(5)17-18-36)21-27(25-11-8-9-12-26(25)40-6)42-22-24-13-19-41-20-14-24/h8-9,11-12,17-18,23-24,27,36H,7,10,13-16,19-22H2,1-6H3/b18-17-/t23?,27-/m0/s1. The Hall–Kier alpha value is -3.31. The Bertz CT molecular complexity index is 1080. The second kappa shape index (κ2) is 15.2. The van der Waals surface area contributed by atoms with Crippen molar-refractivity contribution >= 4 is 17.8 Å². The summed E-state index contributed by atoms with van der Waals surface area (Å²) in [4.78, 5) is 47.4. The van der Waals surface area contributed by atoms with E-state index in [0.29, 0.717) is 44.6 Å². The lowest BCUT2D eigenvalue weighted by atomic mass is 9.97. The van der Waals surface area contributed by atoms with Crippen LogP contribution < -0.4 is 4.74 Å². The SMILES string of the molecule is CCC(=O)N(C(=O)N(C[C@H](OCC1CCOCC1)c1ccccc1OC)C(C)N(C)/C=C\O)C(C)(C)C(=O)N1CCC1. The summed E-state index contributed by atoms with van der Waals surface area (Å²) in [6.07, 6.45) is 3.82. The Morgan fingerprint density at radius 2 is 1.86 bits per heavy atom. The molecule has 0 aromatic heterocycles. The van der Waals surface area contributed by atoms with Crippen LogP contribution in [0, 0.1) is 5.92 Å². The van der Waals surface area contributed by atoms with Crippen LogP contribution in [0.25, 0.3) is 0 Å². The number of benzene rings is 1. The molecular weight excluding hydrogens is 540 g/mol. The predicted octanol–water partition coefficient (Wildman–Crippen LogP) is 4.16. The van der Waals surface area contributed by atoms with Crippen molar-refractivity contribution in [1.29, 1.82) is 0 Å². The summed E-state index contributed by atoms with van der Waals surface area (Å²) in [5.41, 5.74) is -0.640. The number of urea groups is 1. The van der Waals surface area contributed by atoms with Crippen LogP contribution in [0.2, 0.25) is 0 Å². The van der Waals surface area contributed by atoms with Crippen molar-refractivity contribution in [2.75, 3.05) is 53.6 Å². The van der Waals surface area contributed by atoms with E-state index in [4.69, 9.17) is 14.2 Å². The molecule has 1 aromatic carbocycles. The maximum Gasteiger partial charge on any atom is 0.329 e. The fourth-order valence-electron chi connectivity index (χ4n) is 5.30. The topological polar surface area (TPSA) is 112 Å². The van der Waals surface area contributed by atoms with E-state index < -0.39 is 29.7 Å². The minimum Gasteiger partial charge on any atom is -0.514 e. The molecule has 2 fully saturated rings. The first-order valence-electron chi connectivity index (χ1n) is 14.8. The van der Waals surface area contributed by atoms with E-state index >= 15 is 0 Å². The van der Waals surface area contributed by atoms with Crippen LogP contribution in [-0.4, -0.2) is 108 Å². The number of amides is 4. The van der Waals surface area contributed by atoms with Crippen molar-refractivity contribution in [2.45, 2.75) is 71.2 Å². The van der Waals surface area contributed by atoms with Crippen molar-refractivity contribution in [3.8, 4) is 5.75 Å². The number of para-hydroxylation sites is 1. The summed E-state index contributed by atoms with van der Waals surface area (Å²) in [5.74, 6) is 0.210. The molecule has 1 aromatic rings. The van der Waals surface area contributed by atoms with Gasteiger partial charge < -0.3 is 34.0 Å². The number of hydrogen-bond donors (Lipinski definition) is 1. The van der Waals surface area contributed by atoms with Gasteiger partial charge >= 0.3 is 6.03 Å². The molecule has 42 heavy (non-hydrogen) atoms. The van der Waals surface area contributed by atoms with Crippen LogP contribution in [0.4, 0.5) is 4.79 Å². The van der Waals surface area contributed by atoms with Gasteiger partial charge in [-0.15, -0.1) is 0 Å². The number of nitrogens with zero attached hydrogens (tertiary/aromatic N) is 4. The lowest BCUT2D eigenvalue weighted by Crippen LogP contribution is -2.65. The highest BCUT2D eigenvalue weighted by Gasteiger charge is 2.47. The number of likely N-dealkylation sites (tertiary alicyclic amines) is 1. The molecular formula is C31H48N4O7. The molecule has 234 valence electrons. The van der Waals surface area contributed by atoms with Crippen LogP contribution in [-0.2, 0) is 19.1 Å². The Kier molecular flexibility index (Phi) is 12.0. The monoisotopic (exact) mass is 588 g/mol. The van der Waals surface area contributed by atoms with Gasteiger partial charge in [-0.05, 0) is 52.0 Å². The Balaban J connectivity index is 2.03. The molecule has 3 rings (SSSR count). The second-order valence-electron chi connectivity index (χ2n) is 11.4. The number of carbonyl (C=O) groups excluding carboxylic acids is 3. The quantitative estimate of drug-likeness (QED) is 0.270. The first kappa shape index (κ1) is 33.2. The lowest BCUT2D eigenvalue weighted by Gasteiger charge is -2.45. The number of aliphatic hydroxyl groups is 1. The highest BCUT2D eigenvalue weighted by molar-refractivity contribution is 6.01. The molecule has 0 saturated carbocycles.